The number of nitrogens with zero attached hydrogens (tertiary/aromatic N) is 1. The number of carbonyl (C=O) groups is 4. The Morgan fingerprint density at radius 3 is 2.16 bits per heavy atom. The fourth-order valence-corrected chi connectivity index (χ4v) is 7.70. The number of amides is 2. The molecule has 0 unspecified atom stereocenters. The van der Waals surface area contributed by atoms with Gasteiger partial charge in [0.25, 0.3) is 11.8 Å². The van der Waals surface area contributed by atoms with Crippen molar-refractivity contribution in [3.8, 4) is 0 Å². The Balaban J connectivity index is 1.10. The van der Waals surface area contributed by atoms with Crippen LogP contribution < -0.4 is 16.0 Å². The molecule has 2 aliphatic carbocycles. The molecule has 0 saturated heterocycles. The van der Waals surface area contributed by atoms with E-state index in [-0.39, 0.29) is 23.9 Å². The number of hydrogen-bond donors (Lipinski definition) is 5. The van der Waals surface area contributed by atoms with Gasteiger partial charge in [0, 0.05) is 41.8 Å². The molecule has 2 aliphatic rings. The highest BCUT2D eigenvalue weighted by atomic mass is 32.1. The van der Waals surface area contributed by atoms with Crippen molar-refractivity contribution in [2.45, 2.75) is 64.0 Å². The van der Waals surface area contributed by atoms with Crippen molar-refractivity contribution in [3.63, 3.8) is 0 Å². The zero-order valence-corrected chi connectivity index (χ0v) is 28.7. The Bertz CT molecular complexity index is 1850. The predicted molar refractivity (Wildman–Crippen MR) is 194 cm³/mol. The van der Waals surface area contributed by atoms with Crippen molar-refractivity contribution < 1.29 is 29.4 Å². The van der Waals surface area contributed by atoms with Gasteiger partial charge >= 0.3 is 11.9 Å². The molecule has 50 heavy (non-hydrogen) atoms. The van der Waals surface area contributed by atoms with Crippen molar-refractivity contribution in [1.29, 1.82) is 0 Å². The molecule has 0 bridgehead atoms. The van der Waals surface area contributed by atoms with Gasteiger partial charge in [-0.25, -0.2) is 4.79 Å². The first-order valence-electron chi connectivity index (χ1n) is 17.2. The van der Waals surface area contributed by atoms with Crippen LogP contribution in [0, 0.1) is 0 Å². The average Bonchev–Trinajstić information content (AvgIpc) is 3.90. The Morgan fingerprint density at radius 2 is 1.48 bits per heavy atom. The van der Waals surface area contributed by atoms with Gasteiger partial charge in [0.1, 0.15) is 5.00 Å². The van der Waals surface area contributed by atoms with Gasteiger partial charge in [-0.1, -0.05) is 36.4 Å². The SMILES string of the molecule is O=C(O)CNCCN(Cc1cccc(C(=O)Nc2sc3c(c2C(=O)Nc2ccc(CCc4ccc(C(=O)O)cc4)cc2)CCCC3)c1)C1CC1. The number of thiophene rings is 1. The summed E-state index contributed by atoms with van der Waals surface area (Å²) in [6.07, 6.45) is 7.51. The molecule has 0 aliphatic heterocycles. The lowest BCUT2D eigenvalue weighted by atomic mass is 9.95. The highest BCUT2D eigenvalue weighted by Gasteiger charge is 2.29. The molecule has 2 amide bonds. The predicted octanol–water partition coefficient (Wildman–Crippen LogP) is 6.25. The number of aliphatic carboxylic acids is 1. The molecule has 1 aromatic heterocycles. The maximum atomic E-state index is 13.8. The van der Waals surface area contributed by atoms with E-state index in [4.69, 9.17) is 10.2 Å². The van der Waals surface area contributed by atoms with E-state index in [1.165, 1.54) is 11.3 Å². The first-order valence-corrected chi connectivity index (χ1v) is 18.0. The second-order valence-corrected chi connectivity index (χ2v) is 14.1. The highest BCUT2D eigenvalue weighted by Crippen LogP contribution is 2.39. The number of aryl methyl sites for hydroxylation is 3. The lowest BCUT2D eigenvalue weighted by molar-refractivity contribution is -0.135. The summed E-state index contributed by atoms with van der Waals surface area (Å²) in [5.74, 6) is -2.32. The lowest BCUT2D eigenvalue weighted by Gasteiger charge is -2.22. The number of anilines is 2. The maximum Gasteiger partial charge on any atom is 0.335 e. The monoisotopic (exact) mass is 694 g/mol. The number of hydrogen-bond acceptors (Lipinski definition) is 7. The quantitative estimate of drug-likeness (QED) is 0.0865. The normalized spacial score (nSPS) is 13.9. The van der Waals surface area contributed by atoms with Crippen LogP contribution in [0.3, 0.4) is 0 Å². The van der Waals surface area contributed by atoms with E-state index in [1.54, 1.807) is 18.2 Å². The number of nitrogens with one attached hydrogen (secondary N) is 3. The van der Waals surface area contributed by atoms with E-state index in [9.17, 15) is 19.2 Å². The van der Waals surface area contributed by atoms with E-state index in [1.807, 2.05) is 54.6 Å². The van der Waals surface area contributed by atoms with E-state index in [2.05, 4.69) is 20.9 Å². The van der Waals surface area contributed by atoms with Crippen molar-refractivity contribution in [2.75, 3.05) is 30.3 Å². The Morgan fingerprint density at radius 1 is 0.780 bits per heavy atom. The standard InChI is InChI=1S/C39H42N4O6S/c44-34(45)23-40-20-21-43(31-18-19-31)24-27-4-3-5-29(22-27)36(46)42-38-35(32-6-1-2-7-33(32)50-38)37(47)41-30-16-12-26(13-17-30)9-8-25-10-14-28(15-11-25)39(48)49/h3-5,10-17,22,31,40H,1-2,6-9,18-21,23-24H2,(H,41,47)(H,42,46)(H,44,45)(H,48,49). The van der Waals surface area contributed by atoms with Gasteiger partial charge < -0.3 is 26.2 Å². The number of carboxylic acids is 2. The van der Waals surface area contributed by atoms with Crippen LogP contribution in [0.15, 0.2) is 72.8 Å². The van der Waals surface area contributed by atoms with Crippen molar-refractivity contribution in [1.82, 2.24) is 10.2 Å². The number of aromatic carboxylic acids is 1. The molecular formula is C39H42N4O6S. The van der Waals surface area contributed by atoms with E-state index >= 15 is 0 Å². The van der Waals surface area contributed by atoms with Gasteiger partial charge in [-0.15, -0.1) is 11.3 Å². The van der Waals surface area contributed by atoms with Gasteiger partial charge in [0.2, 0.25) is 0 Å². The Labute approximate surface area is 295 Å². The van der Waals surface area contributed by atoms with Crippen LogP contribution in [0.1, 0.15) is 83.9 Å². The van der Waals surface area contributed by atoms with Crippen molar-refractivity contribution in [2.24, 2.45) is 0 Å². The minimum atomic E-state index is -0.939. The molecule has 4 aromatic rings. The number of benzene rings is 3. The molecular weight excluding hydrogens is 653 g/mol. The average molecular weight is 695 g/mol. The second kappa shape index (κ2) is 16.2. The van der Waals surface area contributed by atoms with Gasteiger partial charge in [-0.3, -0.25) is 19.3 Å². The molecule has 260 valence electrons. The summed E-state index contributed by atoms with van der Waals surface area (Å²) in [6.45, 7) is 1.90. The van der Waals surface area contributed by atoms with Crippen LogP contribution in [-0.4, -0.2) is 64.5 Å². The van der Waals surface area contributed by atoms with Gasteiger partial charge in [-0.2, -0.15) is 0 Å². The molecule has 0 atom stereocenters. The molecule has 1 saturated carbocycles. The van der Waals surface area contributed by atoms with Crippen LogP contribution in [0.25, 0.3) is 0 Å². The largest absolute Gasteiger partial charge is 0.480 e. The fraction of sp³-hybridized carbons (Fsp3) is 0.333. The van der Waals surface area contributed by atoms with Crippen LogP contribution >= 0.6 is 11.3 Å². The van der Waals surface area contributed by atoms with Crippen LogP contribution in [0.4, 0.5) is 10.7 Å². The zero-order valence-electron chi connectivity index (χ0n) is 27.9. The summed E-state index contributed by atoms with van der Waals surface area (Å²) < 4.78 is 0. The summed E-state index contributed by atoms with van der Waals surface area (Å²) >= 11 is 1.49. The number of rotatable bonds is 16. The van der Waals surface area contributed by atoms with E-state index in [0.717, 1.165) is 85.0 Å². The topological polar surface area (TPSA) is 148 Å². The molecule has 5 N–H and O–H groups in total. The summed E-state index contributed by atoms with van der Waals surface area (Å²) in [4.78, 5) is 52.9. The minimum absolute atomic E-state index is 0.0672. The molecule has 1 heterocycles. The molecule has 6 rings (SSSR count). The van der Waals surface area contributed by atoms with Gasteiger partial charge in [0.05, 0.1) is 17.7 Å². The zero-order chi connectivity index (χ0) is 35.0. The number of fused-ring (bicyclic) bond motifs is 1. The maximum absolute atomic E-state index is 13.8. The third kappa shape index (κ3) is 9.23. The lowest BCUT2D eigenvalue weighted by Crippen LogP contribution is -2.35. The second-order valence-electron chi connectivity index (χ2n) is 13.0. The van der Waals surface area contributed by atoms with E-state index < -0.39 is 11.9 Å². The molecule has 11 heteroatoms. The number of carbonyl (C=O) groups excluding carboxylic acids is 2. The summed E-state index contributed by atoms with van der Waals surface area (Å²) in [5.41, 5.74) is 6.18. The Kier molecular flexibility index (Phi) is 11.4. The molecule has 0 radical (unpaired) electrons. The smallest absolute Gasteiger partial charge is 0.335 e. The Hall–Kier alpha value is -4.84. The van der Waals surface area contributed by atoms with Crippen LogP contribution in [0.2, 0.25) is 0 Å². The van der Waals surface area contributed by atoms with Crippen molar-refractivity contribution >= 4 is 45.8 Å². The van der Waals surface area contributed by atoms with Crippen molar-refractivity contribution in [3.05, 3.63) is 117 Å². The molecule has 10 nitrogen and oxygen atoms in total. The highest BCUT2D eigenvalue weighted by molar-refractivity contribution is 7.17. The van der Waals surface area contributed by atoms with E-state index in [0.29, 0.717) is 40.9 Å². The third-order valence-electron chi connectivity index (χ3n) is 9.23. The fourth-order valence-electron chi connectivity index (χ4n) is 6.41. The summed E-state index contributed by atoms with van der Waals surface area (Å²) in [6, 6.07) is 22.7. The minimum Gasteiger partial charge on any atom is -0.480 e. The van der Waals surface area contributed by atoms with Crippen LogP contribution in [0.5, 0.6) is 0 Å². The van der Waals surface area contributed by atoms with Gasteiger partial charge in [-0.05, 0) is 110 Å². The third-order valence-corrected chi connectivity index (χ3v) is 10.4. The molecule has 0 spiro atoms. The first-order chi connectivity index (χ1) is 24.2. The van der Waals surface area contributed by atoms with Gasteiger partial charge in [0.15, 0.2) is 0 Å². The molecule has 3 aromatic carbocycles. The van der Waals surface area contributed by atoms with Crippen LogP contribution in [-0.2, 0) is 37.0 Å². The summed E-state index contributed by atoms with van der Waals surface area (Å²) in [7, 11) is 0. The first kappa shape index (κ1) is 35.0. The number of carboxylic acid groups (broad SMARTS) is 2. The molecule has 1 fully saturated rings. The summed E-state index contributed by atoms with van der Waals surface area (Å²) in [5, 5.41) is 27.7.